The van der Waals surface area contributed by atoms with Crippen molar-refractivity contribution in [3.8, 4) is 0 Å². The molecular formula is C14H11FN2O3S. The van der Waals surface area contributed by atoms with Gasteiger partial charge >= 0.3 is 10.2 Å². The molecule has 0 aliphatic carbocycles. The first kappa shape index (κ1) is 13.6. The summed E-state index contributed by atoms with van der Waals surface area (Å²) >= 11 is 0. The maximum absolute atomic E-state index is 13.9. The van der Waals surface area contributed by atoms with Gasteiger partial charge < -0.3 is 0 Å². The number of hydrogen-bond donors (Lipinski definition) is 1. The van der Waals surface area contributed by atoms with Gasteiger partial charge in [0.05, 0.1) is 11.4 Å². The third-order valence-electron chi connectivity index (χ3n) is 3.11. The zero-order chi connectivity index (χ0) is 15.0. The Balaban J connectivity index is 2.02. The molecule has 1 heterocycles. The van der Waals surface area contributed by atoms with Crippen molar-refractivity contribution in [2.24, 2.45) is 0 Å². The first-order chi connectivity index (χ1) is 10.0. The number of amides is 1. The van der Waals surface area contributed by atoms with E-state index in [4.69, 9.17) is 0 Å². The summed E-state index contributed by atoms with van der Waals surface area (Å²) in [6.45, 7) is 0. The number of nitrogens with one attached hydrogen (secondary N) is 1. The van der Waals surface area contributed by atoms with Gasteiger partial charge in [-0.2, -0.15) is 12.7 Å². The minimum absolute atomic E-state index is 0.0402. The summed E-state index contributed by atoms with van der Waals surface area (Å²) < 4.78 is 41.4. The van der Waals surface area contributed by atoms with E-state index in [2.05, 4.69) is 4.72 Å². The lowest BCUT2D eigenvalue weighted by Gasteiger charge is -2.18. The minimum atomic E-state index is -4.21. The van der Waals surface area contributed by atoms with Gasteiger partial charge in [0, 0.05) is 5.56 Å². The highest BCUT2D eigenvalue weighted by atomic mass is 32.2. The van der Waals surface area contributed by atoms with Crippen LogP contribution in [0.2, 0.25) is 0 Å². The van der Waals surface area contributed by atoms with Crippen molar-refractivity contribution in [1.82, 2.24) is 0 Å². The third-order valence-corrected chi connectivity index (χ3v) is 4.46. The zero-order valence-electron chi connectivity index (χ0n) is 10.7. The lowest BCUT2D eigenvalue weighted by molar-refractivity contribution is -0.121. The van der Waals surface area contributed by atoms with E-state index in [0.717, 1.165) is 0 Å². The first-order valence-electron chi connectivity index (χ1n) is 6.15. The third kappa shape index (κ3) is 2.25. The average Bonchev–Trinajstić information content (AvgIpc) is 2.72. The summed E-state index contributed by atoms with van der Waals surface area (Å²) in [6, 6.07) is 14.0. The van der Waals surface area contributed by atoms with E-state index in [1.807, 2.05) is 0 Å². The fourth-order valence-electron chi connectivity index (χ4n) is 2.19. The second-order valence-corrected chi connectivity index (χ2v) is 6.02. The number of halogens is 1. The van der Waals surface area contributed by atoms with Crippen molar-refractivity contribution >= 4 is 27.5 Å². The fraction of sp³-hybridized carbons (Fsp3) is 0.0714. The van der Waals surface area contributed by atoms with Gasteiger partial charge in [0.25, 0.3) is 5.91 Å². The topological polar surface area (TPSA) is 66.5 Å². The SMILES string of the molecule is O=C1C(F)c2ccccc2N1S(=O)(=O)Nc1ccccc1. The smallest absolute Gasteiger partial charge is 0.270 e. The first-order valence-corrected chi connectivity index (χ1v) is 7.60. The van der Waals surface area contributed by atoms with Gasteiger partial charge in [-0.3, -0.25) is 9.52 Å². The molecule has 2 aromatic rings. The largest absolute Gasteiger partial charge is 0.330 e. The van der Waals surface area contributed by atoms with Gasteiger partial charge in [-0.05, 0) is 18.2 Å². The summed E-state index contributed by atoms with van der Waals surface area (Å²) in [5.41, 5.74) is 0.393. The van der Waals surface area contributed by atoms with Crippen LogP contribution in [0.1, 0.15) is 11.7 Å². The van der Waals surface area contributed by atoms with Gasteiger partial charge in [-0.1, -0.05) is 36.4 Å². The highest BCUT2D eigenvalue weighted by Crippen LogP contribution is 2.39. The molecule has 0 spiro atoms. The van der Waals surface area contributed by atoms with Crippen LogP contribution in [0.3, 0.4) is 0 Å². The Morgan fingerprint density at radius 2 is 1.62 bits per heavy atom. The van der Waals surface area contributed by atoms with E-state index >= 15 is 0 Å². The predicted octanol–water partition coefficient (Wildman–Crippen LogP) is 2.40. The maximum atomic E-state index is 13.9. The Morgan fingerprint density at radius 3 is 2.33 bits per heavy atom. The van der Waals surface area contributed by atoms with E-state index in [1.54, 1.807) is 30.3 Å². The Hall–Kier alpha value is -2.41. The monoisotopic (exact) mass is 306 g/mol. The number of alkyl halides is 1. The van der Waals surface area contributed by atoms with Crippen LogP contribution in [0, 0.1) is 0 Å². The molecule has 1 aliphatic rings. The molecular weight excluding hydrogens is 295 g/mol. The summed E-state index contributed by atoms with van der Waals surface area (Å²) in [5.74, 6) is -1.11. The summed E-state index contributed by atoms with van der Waals surface area (Å²) in [5, 5.41) is 0. The molecule has 0 saturated heterocycles. The molecule has 1 atom stereocenters. The molecule has 7 heteroatoms. The van der Waals surface area contributed by atoms with Crippen LogP contribution in [-0.4, -0.2) is 14.3 Å². The van der Waals surface area contributed by atoms with Crippen molar-refractivity contribution < 1.29 is 17.6 Å². The molecule has 0 radical (unpaired) electrons. The Morgan fingerprint density at radius 1 is 1.00 bits per heavy atom. The van der Waals surface area contributed by atoms with Crippen molar-refractivity contribution in [3.05, 3.63) is 60.2 Å². The molecule has 0 bridgehead atoms. The molecule has 1 amide bonds. The quantitative estimate of drug-likeness (QED) is 0.947. The number of hydrogen-bond acceptors (Lipinski definition) is 3. The Bertz CT molecular complexity index is 793. The fourth-order valence-corrected chi connectivity index (χ4v) is 3.47. The molecule has 1 unspecified atom stereocenters. The molecule has 2 aromatic carbocycles. The van der Waals surface area contributed by atoms with Crippen LogP contribution in [0.4, 0.5) is 15.8 Å². The van der Waals surface area contributed by atoms with Crippen LogP contribution < -0.4 is 9.03 Å². The molecule has 1 N–H and O–H groups in total. The highest BCUT2D eigenvalue weighted by Gasteiger charge is 2.43. The van der Waals surface area contributed by atoms with Crippen LogP contribution in [0.5, 0.6) is 0 Å². The van der Waals surface area contributed by atoms with Gasteiger partial charge in [-0.25, -0.2) is 4.39 Å². The Kier molecular flexibility index (Phi) is 3.13. The summed E-state index contributed by atoms with van der Waals surface area (Å²) in [4.78, 5) is 11.9. The summed E-state index contributed by atoms with van der Waals surface area (Å²) in [7, 11) is -4.21. The van der Waals surface area contributed by atoms with Gasteiger partial charge in [0.15, 0.2) is 0 Å². The van der Waals surface area contributed by atoms with E-state index < -0.39 is 22.3 Å². The van der Waals surface area contributed by atoms with Gasteiger partial charge in [0.2, 0.25) is 6.17 Å². The predicted molar refractivity (Wildman–Crippen MR) is 76.8 cm³/mol. The zero-order valence-corrected chi connectivity index (χ0v) is 11.5. The molecule has 21 heavy (non-hydrogen) atoms. The second kappa shape index (κ2) is 4.85. The Labute approximate surface area is 121 Å². The number of rotatable bonds is 3. The standard InChI is InChI=1S/C14H11FN2O3S/c15-13-11-8-4-5-9-12(11)17(14(13)18)21(19,20)16-10-6-2-1-3-7-10/h1-9,13,16H. The number of carbonyl (C=O) groups is 1. The van der Waals surface area contributed by atoms with Crippen LogP contribution in [0.25, 0.3) is 0 Å². The van der Waals surface area contributed by atoms with Crippen molar-refractivity contribution in [1.29, 1.82) is 0 Å². The number of para-hydroxylation sites is 2. The van der Waals surface area contributed by atoms with E-state index in [0.29, 0.717) is 9.99 Å². The lowest BCUT2D eigenvalue weighted by atomic mass is 10.1. The number of benzene rings is 2. The maximum Gasteiger partial charge on any atom is 0.330 e. The molecule has 0 aromatic heterocycles. The molecule has 108 valence electrons. The van der Waals surface area contributed by atoms with E-state index in [9.17, 15) is 17.6 Å². The van der Waals surface area contributed by atoms with Crippen molar-refractivity contribution in [2.45, 2.75) is 6.17 Å². The number of fused-ring (bicyclic) bond motifs is 1. The number of anilines is 2. The molecule has 1 aliphatic heterocycles. The van der Waals surface area contributed by atoms with Crippen LogP contribution in [0.15, 0.2) is 54.6 Å². The lowest BCUT2D eigenvalue weighted by Crippen LogP contribution is -2.38. The molecule has 3 rings (SSSR count). The van der Waals surface area contributed by atoms with Crippen LogP contribution in [-0.2, 0) is 15.0 Å². The molecule has 0 fully saturated rings. The van der Waals surface area contributed by atoms with Gasteiger partial charge in [0.1, 0.15) is 0 Å². The molecule has 0 saturated carbocycles. The number of carbonyl (C=O) groups excluding carboxylic acids is 1. The van der Waals surface area contributed by atoms with Crippen LogP contribution >= 0.6 is 0 Å². The second-order valence-electron chi connectivity index (χ2n) is 4.50. The van der Waals surface area contributed by atoms with Gasteiger partial charge in [-0.15, -0.1) is 0 Å². The minimum Gasteiger partial charge on any atom is -0.270 e. The van der Waals surface area contributed by atoms with E-state index in [1.165, 1.54) is 24.3 Å². The highest BCUT2D eigenvalue weighted by molar-refractivity contribution is 7.94. The molecule has 5 nitrogen and oxygen atoms in total. The number of nitrogens with zero attached hydrogens (tertiary/aromatic N) is 1. The average molecular weight is 306 g/mol. The van der Waals surface area contributed by atoms with Crippen molar-refractivity contribution in [3.63, 3.8) is 0 Å². The van der Waals surface area contributed by atoms with E-state index in [-0.39, 0.29) is 11.3 Å². The van der Waals surface area contributed by atoms with Crippen molar-refractivity contribution in [2.75, 3.05) is 9.03 Å². The summed E-state index contributed by atoms with van der Waals surface area (Å²) in [6.07, 6.45) is -1.96. The normalized spacial score (nSPS) is 17.7.